The quantitative estimate of drug-likeness (QED) is 0.148. The minimum Gasteiger partial charge on any atom is -0.493 e. The van der Waals surface area contributed by atoms with Gasteiger partial charge in [-0.3, -0.25) is 14.9 Å². The number of ether oxygens (including phenoxy) is 2. The fourth-order valence-corrected chi connectivity index (χ4v) is 5.17. The van der Waals surface area contributed by atoms with E-state index in [4.69, 9.17) is 9.47 Å². The second kappa shape index (κ2) is 11.3. The van der Waals surface area contributed by atoms with E-state index < -0.39 is 17.8 Å². The third kappa shape index (κ3) is 5.51. The highest BCUT2D eigenvalue weighted by atomic mass is 127. The number of benzene rings is 4. The van der Waals surface area contributed by atoms with Gasteiger partial charge in [0, 0.05) is 0 Å². The fourth-order valence-electron chi connectivity index (χ4n) is 4.39. The number of carbonyl (C=O) groups is 3. The largest absolute Gasteiger partial charge is 0.493 e. The van der Waals surface area contributed by atoms with E-state index in [-0.39, 0.29) is 5.57 Å². The van der Waals surface area contributed by atoms with E-state index in [0.29, 0.717) is 29.4 Å². The Morgan fingerprint density at radius 2 is 1.62 bits per heavy atom. The Hall–Kier alpha value is -4.18. The molecule has 1 saturated heterocycles. The summed E-state index contributed by atoms with van der Waals surface area (Å²) in [6.07, 6.45) is 2.28. The van der Waals surface area contributed by atoms with Crippen LogP contribution in [0.3, 0.4) is 0 Å². The Balaban J connectivity index is 1.41. The molecule has 1 aliphatic heterocycles. The van der Waals surface area contributed by atoms with E-state index in [1.54, 1.807) is 24.3 Å². The molecule has 1 N–H and O–H groups in total. The van der Waals surface area contributed by atoms with Gasteiger partial charge in [0.05, 0.1) is 16.4 Å². The van der Waals surface area contributed by atoms with Gasteiger partial charge in [0.1, 0.15) is 12.2 Å². The third-order valence-corrected chi connectivity index (χ3v) is 7.27. The van der Waals surface area contributed by atoms with Crippen molar-refractivity contribution in [3.63, 3.8) is 0 Å². The molecule has 4 aromatic rings. The summed E-state index contributed by atoms with van der Waals surface area (Å²) in [6.45, 7) is 2.36. The Morgan fingerprint density at radius 3 is 2.33 bits per heavy atom. The smallest absolute Gasteiger partial charge is 0.335 e. The van der Waals surface area contributed by atoms with Crippen LogP contribution in [0.4, 0.5) is 10.5 Å². The summed E-state index contributed by atoms with van der Waals surface area (Å²) >= 11 is 2.14. The van der Waals surface area contributed by atoms with E-state index in [0.717, 1.165) is 36.8 Å². The third-order valence-electron chi connectivity index (χ3n) is 6.46. The summed E-state index contributed by atoms with van der Waals surface area (Å²) in [6, 6.07) is 24.1. The molecular formula is C31H25IN2O5. The zero-order valence-corrected chi connectivity index (χ0v) is 23.5. The topological polar surface area (TPSA) is 84.9 Å². The number of nitrogens with one attached hydrogen (secondary N) is 1. The van der Waals surface area contributed by atoms with Gasteiger partial charge in [-0.05, 0) is 92.9 Å². The second-order valence-electron chi connectivity index (χ2n) is 8.98. The molecule has 4 amide bonds. The number of hydrogen-bond donors (Lipinski definition) is 1. The number of rotatable bonds is 7. The lowest BCUT2D eigenvalue weighted by atomic mass is 10.1. The van der Waals surface area contributed by atoms with Crippen LogP contribution in [0.5, 0.6) is 11.5 Å². The molecule has 7 nitrogen and oxygen atoms in total. The lowest BCUT2D eigenvalue weighted by Gasteiger charge is -2.26. The molecule has 0 radical (unpaired) electrons. The lowest BCUT2D eigenvalue weighted by Crippen LogP contribution is -2.54. The first-order valence-electron chi connectivity index (χ1n) is 12.4. The van der Waals surface area contributed by atoms with Crippen LogP contribution < -0.4 is 19.7 Å². The first-order valence-corrected chi connectivity index (χ1v) is 13.4. The number of halogens is 1. The van der Waals surface area contributed by atoms with Gasteiger partial charge in [-0.1, -0.05) is 55.5 Å². The highest BCUT2D eigenvalue weighted by Gasteiger charge is 2.36. The van der Waals surface area contributed by atoms with Crippen LogP contribution in [0.15, 0.2) is 84.4 Å². The Labute approximate surface area is 239 Å². The summed E-state index contributed by atoms with van der Waals surface area (Å²) in [7, 11) is 1.53. The van der Waals surface area contributed by atoms with Gasteiger partial charge in [-0.2, -0.15) is 0 Å². The Kier molecular flexibility index (Phi) is 7.65. The summed E-state index contributed by atoms with van der Waals surface area (Å²) < 4.78 is 12.5. The average molecular weight is 632 g/mol. The number of methoxy groups -OCH3 is 1. The van der Waals surface area contributed by atoms with Gasteiger partial charge in [0.25, 0.3) is 11.8 Å². The molecule has 5 rings (SSSR count). The van der Waals surface area contributed by atoms with Crippen LogP contribution in [0.1, 0.15) is 23.6 Å². The molecule has 0 saturated carbocycles. The number of carbonyl (C=O) groups excluding carboxylic acids is 3. The summed E-state index contributed by atoms with van der Waals surface area (Å²) in [5, 5.41) is 4.55. The number of nitrogens with zero attached hydrogens (tertiary/aromatic N) is 1. The van der Waals surface area contributed by atoms with Crippen molar-refractivity contribution in [3.05, 3.63) is 105 Å². The van der Waals surface area contributed by atoms with Crippen LogP contribution in [0, 0.1) is 3.57 Å². The van der Waals surface area contributed by atoms with Crippen LogP contribution in [-0.2, 0) is 22.6 Å². The van der Waals surface area contributed by atoms with E-state index in [1.807, 2.05) is 37.3 Å². The van der Waals surface area contributed by atoms with Crippen molar-refractivity contribution in [2.75, 3.05) is 12.0 Å². The molecule has 1 aliphatic rings. The molecular weight excluding hydrogens is 607 g/mol. The summed E-state index contributed by atoms with van der Waals surface area (Å²) in [5.41, 5.74) is 2.87. The minimum absolute atomic E-state index is 0.156. The number of barbiturate groups is 1. The minimum atomic E-state index is -0.781. The number of urea groups is 1. The molecule has 8 heteroatoms. The zero-order valence-electron chi connectivity index (χ0n) is 21.4. The molecule has 0 unspecified atom stereocenters. The molecule has 1 heterocycles. The summed E-state index contributed by atoms with van der Waals surface area (Å²) in [5.74, 6) is -0.433. The van der Waals surface area contributed by atoms with Gasteiger partial charge in [0.15, 0.2) is 11.5 Å². The molecule has 1 fully saturated rings. The van der Waals surface area contributed by atoms with Crippen molar-refractivity contribution in [2.24, 2.45) is 0 Å². The van der Waals surface area contributed by atoms with Gasteiger partial charge < -0.3 is 9.47 Å². The van der Waals surface area contributed by atoms with E-state index >= 15 is 0 Å². The Morgan fingerprint density at radius 1 is 0.897 bits per heavy atom. The fraction of sp³-hybridized carbons (Fsp3) is 0.129. The maximum Gasteiger partial charge on any atom is 0.335 e. The maximum atomic E-state index is 13.3. The van der Waals surface area contributed by atoms with Crippen molar-refractivity contribution in [2.45, 2.75) is 20.0 Å². The lowest BCUT2D eigenvalue weighted by molar-refractivity contribution is -0.122. The molecule has 0 spiro atoms. The van der Waals surface area contributed by atoms with Gasteiger partial charge in [-0.15, -0.1) is 0 Å². The predicted molar refractivity (Wildman–Crippen MR) is 159 cm³/mol. The maximum absolute atomic E-state index is 13.3. The average Bonchev–Trinajstić information content (AvgIpc) is 2.94. The van der Waals surface area contributed by atoms with Crippen molar-refractivity contribution in [3.8, 4) is 11.5 Å². The number of hydrogen-bond acceptors (Lipinski definition) is 5. The molecule has 4 aromatic carbocycles. The molecule has 0 atom stereocenters. The molecule has 0 aliphatic carbocycles. The monoisotopic (exact) mass is 632 g/mol. The highest BCUT2D eigenvalue weighted by Crippen LogP contribution is 2.36. The second-order valence-corrected chi connectivity index (χ2v) is 10.1. The van der Waals surface area contributed by atoms with Gasteiger partial charge in [0.2, 0.25) is 0 Å². The van der Waals surface area contributed by atoms with Crippen molar-refractivity contribution >= 4 is 63.0 Å². The molecule has 0 bridgehead atoms. The normalized spacial score (nSPS) is 14.6. The molecule has 0 aromatic heterocycles. The zero-order chi connectivity index (χ0) is 27.5. The predicted octanol–water partition coefficient (Wildman–Crippen LogP) is 6.26. The molecule has 39 heavy (non-hydrogen) atoms. The first-order chi connectivity index (χ1) is 18.9. The van der Waals surface area contributed by atoms with Gasteiger partial charge in [-0.25, -0.2) is 9.69 Å². The number of fused-ring (bicyclic) bond motifs is 1. The van der Waals surface area contributed by atoms with E-state index in [9.17, 15) is 14.4 Å². The van der Waals surface area contributed by atoms with Crippen molar-refractivity contribution in [1.82, 2.24) is 5.32 Å². The van der Waals surface area contributed by atoms with Crippen LogP contribution >= 0.6 is 22.6 Å². The Bertz CT molecular complexity index is 1630. The van der Waals surface area contributed by atoms with Crippen LogP contribution in [-0.4, -0.2) is 25.0 Å². The van der Waals surface area contributed by atoms with Gasteiger partial charge >= 0.3 is 6.03 Å². The number of imide groups is 2. The number of aryl methyl sites for hydroxylation is 1. The standard InChI is InChI=1S/C31H25IN2O5/c1-3-19-9-12-24(13-10-19)34-30(36)25(29(35)33-31(34)37)15-21-16-26(32)28(27(17-21)38-2)39-18-20-8-11-22-6-4-5-7-23(22)14-20/h4-17H,3,18H2,1-2H3,(H,33,35,37)/b25-15-. The van der Waals surface area contributed by atoms with Crippen molar-refractivity contribution in [1.29, 1.82) is 0 Å². The first kappa shape index (κ1) is 26.4. The van der Waals surface area contributed by atoms with Crippen LogP contribution in [0.25, 0.3) is 16.8 Å². The van der Waals surface area contributed by atoms with E-state index in [2.05, 4.69) is 52.2 Å². The van der Waals surface area contributed by atoms with Crippen molar-refractivity contribution < 1.29 is 23.9 Å². The number of amides is 4. The highest BCUT2D eigenvalue weighted by molar-refractivity contribution is 14.1. The number of anilines is 1. The SMILES string of the molecule is CCc1ccc(N2C(=O)NC(=O)/C(=C/c3cc(I)c(OCc4ccc5ccccc5c4)c(OC)c3)C2=O)cc1. The molecule has 196 valence electrons. The van der Waals surface area contributed by atoms with Crippen LogP contribution in [0.2, 0.25) is 0 Å². The van der Waals surface area contributed by atoms with E-state index in [1.165, 1.54) is 13.2 Å². The summed E-state index contributed by atoms with van der Waals surface area (Å²) in [4.78, 5) is 39.4.